The molecule has 1 saturated heterocycles. The average Bonchev–Trinajstić information content (AvgIpc) is 4.05. The Labute approximate surface area is 355 Å². The molecule has 15 heteroatoms. The van der Waals surface area contributed by atoms with Crippen molar-refractivity contribution in [1.29, 1.82) is 0 Å². The summed E-state index contributed by atoms with van der Waals surface area (Å²) in [5.74, 6) is -1.42. The Morgan fingerprint density at radius 3 is 2.75 bits per heavy atom. The van der Waals surface area contributed by atoms with E-state index in [-0.39, 0.29) is 31.0 Å². The second kappa shape index (κ2) is 17.1. The number of cyclic esters (lactones) is 1. The van der Waals surface area contributed by atoms with Crippen molar-refractivity contribution in [3.8, 4) is 28.5 Å². The van der Waals surface area contributed by atoms with Gasteiger partial charge in [0.25, 0.3) is 17.8 Å². The number of esters is 1. The van der Waals surface area contributed by atoms with Gasteiger partial charge < -0.3 is 24.1 Å². The number of rotatable bonds is 9. The van der Waals surface area contributed by atoms with Gasteiger partial charge in [0.15, 0.2) is 6.10 Å². The molecule has 7 heterocycles. The second-order valence-corrected chi connectivity index (χ2v) is 18.3. The second-order valence-electron chi connectivity index (χ2n) is 17.3. The van der Waals surface area contributed by atoms with Gasteiger partial charge >= 0.3 is 5.97 Å². The lowest BCUT2D eigenvalue weighted by Crippen LogP contribution is -2.61. The monoisotopic (exact) mass is 836 g/mol. The molecular formula is C45H56N8O6S. The lowest BCUT2D eigenvalue weighted by atomic mass is 9.84. The Hall–Kier alpha value is -5.12. The molecule has 0 aliphatic carbocycles. The largest absolute Gasteiger partial charge is 0.464 e. The Balaban J connectivity index is 1.19. The van der Waals surface area contributed by atoms with E-state index >= 15 is 0 Å². The van der Waals surface area contributed by atoms with Gasteiger partial charge in [0.05, 0.1) is 41.0 Å². The van der Waals surface area contributed by atoms with Crippen molar-refractivity contribution in [2.45, 2.75) is 117 Å². The molecule has 3 aliphatic heterocycles. The number of hydrogen-bond donors (Lipinski definition) is 2. The number of benzene rings is 1. The van der Waals surface area contributed by atoms with Crippen LogP contribution in [0.4, 0.5) is 0 Å². The number of thiazole rings is 1. The van der Waals surface area contributed by atoms with Crippen LogP contribution in [0.1, 0.15) is 88.9 Å². The number of aromatic nitrogens is 5. The fourth-order valence-corrected chi connectivity index (χ4v) is 9.62. The first kappa shape index (κ1) is 41.6. The number of nitrogens with one attached hydrogen (secondary N) is 2. The van der Waals surface area contributed by atoms with Gasteiger partial charge in [-0.1, -0.05) is 33.8 Å². The van der Waals surface area contributed by atoms with Gasteiger partial charge in [-0.15, -0.1) is 11.3 Å². The van der Waals surface area contributed by atoms with Crippen LogP contribution in [0.5, 0.6) is 6.01 Å². The molecule has 14 nitrogen and oxygen atoms in total. The number of fused-ring (bicyclic) bond motifs is 7. The van der Waals surface area contributed by atoms with Crippen LogP contribution in [0.2, 0.25) is 0 Å². The Bertz CT molecular complexity index is 2400. The number of ether oxygens (including phenoxy) is 3. The van der Waals surface area contributed by atoms with Crippen LogP contribution in [-0.2, 0) is 56.2 Å². The zero-order valence-corrected chi connectivity index (χ0v) is 36.4. The van der Waals surface area contributed by atoms with Crippen LogP contribution in [0.3, 0.4) is 0 Å². The Morgan fingerprint density at radius 1 is 1.13 bits per heavy atom. The summed E-state index contributed by atoms with van der Waals surface area (Å²) in [6, 6.07) is 9.19. The van der Waals surface area contributed by atoms with E-state index < -0.39 is 35.5 Å². The van der Waals surface area contributed by atoms with E-state index in [1.54, 1.807) is 19.5 Å². The van der Waals surface area contributed by atoms with Gasteiger partial charge in [-0.25, -0.2) is 15.4 Å². The molecular weight excluding hydrogens is 781 g/mol. The highest BCUT2D eigenvalue weighted by atomic mass is 32.1. The third-order valence-electron chi connectivity index (χ3n) is 12.0. The summed E-state index contributed by atoms with van der Waals surface area (Å²) in [5.41, 5.74) is 10.6. The molecule has 2 amide bonds. The molecule has 4 aromatic heterocycles. The molecule has 3 aliphatic rings. The Kier molecular flexibility index (Phi) is 11.9. The number of hydrazine groups is 1. The number of amides is 2. The highest BCUT2D eigenvalue weighted by molar-refractivity contribution is 7.10. The van der Waals surface area contributed by atoms with Crippen LogP contribution in [0.25, 0.3) is 33.4 Å². The minimum atomic E-state index is -0.995. The smallest absolute Gasteiger partial charge is 0.324 e. The van der Waals surface area contributed by atoms with Crippen LogP contribution in [-0.4, -0.2) is 85.3 Å². The highest BCUT2D eigenvalue weighted by Crippen LogP contribution is 2.42. The first-order valence-electron chi connectivity index (χ1n) is 21.2. The van der Waals surface area contributed by atoms with Gasteiger partial charge in [0.1, 0.15) is 12.1 Å². The van der Waals surface area contributed by atoms with E-state index in [9.17, 15) is 14.4 Å². The first-order chi connectivity index (χ1) is 28.8. The number of carbonyl (C=O) groups excluding carboxylic acids is 3. The maximum atomic E-state index is 14.5. The number of imidazole rings is 1. The van der Waals surface area contributed by atoms with Gasteiger partial charge in [0, 0.05) is 77.9 Å². The Morgan fingerprint density at radius 2 is 1.97 bits per heavy atom. The summed E-state index contributed by atoms with van der Waals surface area (Å²) < 4.78 is 22.5. The molecule has 318 valence electrons. The predicted octanol–water partition coefficient (Wildman–Crippen LogP) is 6.45. The maximum Gasteiger partial charge on any atom is 0.324 e. The van der Waals surface area contributed by atoms with Crippen molar-refractivity contribution in [2.75, 3.05) is 20.3 Å². The van der Waals surface area contributed by atoms with Crippen molar-refractivity contribution in [2.24, 2.45) is 11.3 Å². The molecule has 1 fully saturated rings. The fraction of sp³-hybridized carbons (Fsp3) is 0.511. The van der Waals surface area contributed by atoms with Crippen molar-refractivity contribution < 1.29 is 28.6 Å². The van der Waals surface area contributed by atoms with Crippen molar-refractivity contribution in [1.82, 2.24) is 39.8 Å². The summed E-state index contributed by atoms with van der Waals surface area (Å²) in [7, 11) is 1.70. The maximum absolute atomic E-state index is 14.5. The average molecular weight is 837 g/mol. The standard InChI is InChI=1S/C45H56N8O6S/c1-8-51-36-16-15-28-20-31(36)32(39(51)30-13-9-17-46-38(30)27(4)57-7)22-45(5,6)25-58-43(56)33-14-11-19-53(50-33)42(55)34(21-37-48-35(28)24-60-37)49-41(54)40(26(2)3)59-44-47-23-29-12-10-18-52(29)44/h9,13,15-17,20,23-24,26-27,33-34,40,50H,8,10-12,14,18-19,21-22,25H2,1-7H3,(H,49,54)/t27-,33-,34-,40?/m0/s1. The van der Waals surface area contributed by atoms with Gasteiger partial charge in [-0.3, -0.25) is 28.9 Å². The molecule has 0 radical (unpaired) electrons. The molecule has 0 saturated carbocycles. The quantitative estimate of drug-likeness (QED) is 0.159. The summed E-state index contributed by atoms with van der Waals surface area (Å²) in [5, 5.41) is 8.28. The minimum absolute atomic E-state index is 0.144. The molecule has 2 N–H and O–H groups in total. The highest BCUT2D eigenvalue weighted by Gasteiger charge is 2.37. The number of methoxy groups -OCH3 is 1. The third-order valence-corrected chi connectivity index (χ3v) is 12.8. The summed E-state index contributed by atoms with van der Waals surface area (Å²) in [6.07, 6.45) is 6.22. The SMILES string of the molecule is CCn1c(-c2cccnc2[C@H](C)OC)c2c3cc(ccc31)-c1csc(n1)C[C@H](NC(=O)C(Oc1ncc3n1CCC3)C(C)C)C(=O)N1CCC[C@H](N1)C(=O)OCC(C)(C)C2. The number of pyridine rings is 1. The van der Waals surface area contributed by atoms with E-state index in [2.05, 4.69) is 65.3 Å². The van der Waals surface area contributed by atoms with Crippen molar-refractivity contribution in [3.63, 3.8) is 0 Å². The molecule has 0 spiro atoms. The number of aryl methyl sites for hydroxylation is 2. The molecule has 60 heavy (non-hydrogen) atoms. The summed E-state index contributed by atoms with van der Waals surface area (Å²) in [6.45, 7) is 14.2. The zero-order chi connectivity index (χ0) is 42.3. The number of nitrogens with zero attached hydrogens (tertiary/aromatic N) is 6. The molecule has 8 rings (SSSR count). The van der Waals surface area contributed by atoms with Gasteiger partial charge in [0.2, 0.25) is 0 Å². The van der Waals surface area contributed by atoms with Gasteiger partial charge in [-0.05, 0) is 81.7 Å². The van der Waals surface area contributed by atoms with Crippen LogP contribution < -0.4 is 15.5 Å². The van der Waals surface area contributed by atoms with Crippen molar-refractivity contribution >= 4 is 40.0 Å². The molecule has 6 bridgehead atoms. The lowest BCUT2D eigenvalue weighted by molar-refractivity contribution is -0.155. The molecule has 5 aromatic rings. The predicted molar refractivity (Wildman–Crippen MR) is 229 cm³/mol. The van der Waals surface area contributed by atoms with E-state index in [4.69, 9.17) is 24.2 Å². The third kappa shape index (κ3) is 8.18. The first-order valence-corrected chi connectivity index (χ1v) is 22.1. The molecule has 4 atom stereocenters. The zero-order valence-electron chi connectivity index (χ0n) is 35.6. The van der Waals surface area contributed by atoms with E-state index in [0.717, 1.165) is 76.3 Å². The number of hydrogen-bond acceptors (Lipinski definition) is 11. The van der Waals surface area contributed by atoms with Crippen LogP contribution in [0, 0.1) is 11.3 Å². The van der Waals surface area contributed by atoms with Crippen LogP contribution in [0.15, 0.2) is 48.1 Å². The molecule has 1 aromatic carbocycles. The van der Waals surface area contributed by atoms with E-state index in [1.807, 2.05) is 36.8 Å². The normalized spacial score (nSPS) is 20.4. The summed E-state index contributed by atoms with van der Waals surface area (Å²) in [4.78, 5) is 56.8. The fourth-order valence-electron chi connectivity index (χ4n) is 8.77. The topological polar surface area (TPSA) is 155 Å². The van der Waals surface area contributed by atoms with E-state index in [0.29, 0.717) is 36.8 Å². The van der Waals surface area contributed by atoms with Gasteiger partial charge in [-0.2, -0.15) is 0 Å². The van der Waals surface area contributed by atoms with Crippen molar-refractivity contribution in [3.05, 3.63) is 70.1 Å². The molecule has 1 unspecified atom stereocenters. The minimum Gasteiger partial charge on any atom is -0.464 e. The summed E-state index contributed by atoms with van der Waals surface area (Å²) >= 11 is 1.45. The van der Waals surface area contributed by atoms with Crippen LogP contribution >= 0.6 is 11.3 Å². The number of carbonyl (C=O) groups is 3. The van der Waals surface area contributed by atoms with E-state index in [1.165, 1.54) is 16.3 Å². The lowest BCUT2D eigenvalue weighted by Gasteiger charge is -2.35.